The summed E-state index contributed by atoms with van der Waals surface area (Å²) in [5.41, 5.74) is -0.0656. The highest BCUT2D eigenvalue weighted by molar-refractivity contribution is 7.09. The molecule has 18 heavy (non-hydrogen) atoms. The molecule has 0 spiro atoms. The summed E-state index contributed by atoms with van der Waals surface area (Å²) in [6.07, 6.45) is 0.681. The largest absolute Gasteiger partial charge is 0.481 e. The maximum Gasteiger partial charge on any atom is 0.308 e. The van der Waals surface area contributed by atoms with E-state index in [9.17, 15) is 4.79 Å². The lowest BCUT2D eigenvalue weighted by Gasteiger charge is -2.22. The number of carboxylic acids is 1. The molecule has 6 heteroatoms. The van der Waals surface area contributed by atoms with Gasteiger partial charge < -0.3 is 10.0 Å². The molecule has 1 aliphatic rings. The minimum absolute atomic E-state index is 0.0109. The summed E-state index contributed by atoms with van der Waals surface area (Å²) in [7, 11) is 0. The van der Waals surface area contributed by atoms with Gasteiger partial charge in [0.1, 0.15) is 5.82 Å². The third-order valence-corrected chi connectivity index (χ3v) is 4.16. The number of nitrogens with zero attached hydrogens (tertiary/aromatic N) is 3. The van der Waals surface area contributed by atoms with Gasteiger partial charge in [-0.25, -0.2) is 4.98 Å². The highest BCUT2D eigenvalue weighted by atomic mass is 32.1. The Labute approximate surface area is 111 Å². The normalized spacial score (nSPS) is 24.6. The van der Waals surface area contributed by atoms with Crippen molar-refractivity contribution in [2.75, 3.05) is 11.4 Å². The molecule has 2 rings (SSSR count). The number of aromatic nitrogens is 2. The molecule has 0 aromatic carbocycles. The van der Waals surface area contributed by atoms with Crippen molar-refractivity contribution in [2.45, 2.75) is 45.6 Å². The molecule has 1 aromatic rings. The molecule has 100 valence electrons. The molecule has 0 bridgehead atoms. The minimum atomic E-state index is -0.717. The molecular formula is C12H19N3O2S. The summed E-state index contributed by atoms with van der Waals surface area (Å²) in [6.45, 7) is 8.92. The third kappa shape index (κ3) is 2.34. The zero-order chi connectivity index (χ0) is 13.5. The van der Waals surface area contributed by atoms with Crippen molar-refractivity contribution in [3.05, 3.63) is 5.82 Å². The smallest absolute Gasteiger partial charge is 0.308 e. The Morgan fingerprint density at radius 3 is 2.61 bits per heavy atom. The van der Waals surface area contributed by atoms with E-state index in [0.717, 1.165) is 17.5 Å². The molecule has 1 saturated heterocycles. The lowest BCUT2D eigenvalue weighted by Crippen LogP contribution is -2.32. The van der Waals surface area contributed by atoms with Crippen LogP contribution in [0.2, 0.25) is 0 Å². The molecular weight excluding hydrogens is 250 g/mol. The average Bonchev–Trinajstić information content (AvgIpc) is 2.81. The second-order valence-corrected chi connectivity index (χ2v) is 6.55. The maximum atomic E-state index is 11.1. The van der Waals surface area contributed by atoms with E-state index in [2.05, 4.69) is 35.0 Å². The van der Waals surface area contributed by atoms with E-state index in [4.69, 9.17) is 5.11 Å². The number of hydrogen-bond donors (Lipinski definition) is 1. The van der Waals surface area contributed by atoms with E-state index in [1.165, 1.54) is 11.5 Å². The number of carboxylic acid groups (broad SMARTS) is 1. The van der Waals surface area contributed by atoms with Crippen LogP contribution in [0, 0.1) is 5.92 Å². The number of rotatable bonds is 2. The first-order valence-corrected chi connectivity index (χ1v) is 6.91. The Hall–Kier alpha value is -1.17. The van der Waals surface area contributed by atoms with Gasteiger partial charge in [-0.15, -0.1) is 0 Å². The second kappa shape index (κ2) is 4.50. The lowest BCUT2D eigenvalue weighted by atomic mass is 9.96. The maximum absolute atomic E-state index is 11.1. The Morgan fingerprint density at radius 2 is 2.17 bits per heavy atom. The van der Waals surface area contributed by atoms with E-state index >= 15 is 0 Å². The first-order valence-electron chi connectivity index (χ1n) is 6.14. The molecule has 2 heterocycles. The molecule has 1 aliphatic heterocycles. The summed E-state index contributed by atoms with van der Waals surface area (Å²) < 4.78 is 4.38. The van der Waals surface area contributed by atoms with Crippen LogP contribution in [0.1, 0.15) is 39.9 Å². The van der Waals surface area contributed by atoms with Gasteiger partial charge in [-0.05, 0) is 13.3 Å². The topological polar surface area (TPSA) is 66.3 Å². The fourth-order valence-corrected chi connectivity index (χ4v) is 3.15. The van der Waals surface area contributed by atoms with Crippen LogP contribution in [0.5, 0.6) is 0 Å². The Balaban J connectivity index is 2.19. The quantitative estimate of drug-likeness (QED) is 0.891. The number of hydrogen-bond acceptors (Lipinski definition) is 5. The SMILES string of the molecule is CC1C(C(=O)O)CCN1c1nc(C(C)(C)C)ns1. The van der Waals surface area contributed by atoms with Crippen molar-refractivity contribution in [1.29, 1.82) is 0 Å². The van der Waals surface area contributed by atoms with Gasteiger partial charge in [0.2, 0.25) is 5.13 Å². The van der Waals surface area contributed by atoms with E-state index in [1.807, 2.05) is 6.92 Å². The number of aliphatic carboxylic acids is 1. The van der Waals surface area contributed by atoms with Gasteiger partial charge in [-0.1, -0.05) is 20.8 Å². The van der Waals surface area contributed by atoms with Crippen LogP contribution in [-0.2, 0) is 10.2 Å². The van der Waals surface area contributed by atoms with Gasteiger partial charge in [0.05, 0.1) is 5.92 Å². The van der Waals surface area contributed by atoms with Gasteiger partial charge in [0.25, 0.3) is 0 Å². The highest BCUT2D eigenvalue weighted by Gasteiger charge is 2.37. The molecule has 0 amide bonds. The van der Waals surface area contributed by atoms with Crippen LogP contribution in [0.15, 0.2) is 0 Å². The van der Waals surface area contributed by atoms with Crippen molar-refractivity contribution in [2.24, 2.45) is 5.92 Å². The van der Waals surface area contributed by atoms with E-state index in [1.54, 1.807) is 0 Å². The first kappa shape index (κ1) is 13.3. The summed E-state index contributed by atoms with van der Waals surface area (Å²) in [6, 6.07) is -0.0109. The standard InChI is InChI=1S/C12H19N3O2S/c1-7-8(9(16)17)5-6-15(7)11-13-10(14-18-11)12(2,3)4/h7-8H,5-6H2,1-4H3,(H,16,17). The van der Waals surface area contributed by atoms with Crippen LogP contribution < -0.4 is 4.90 Å². The fraction of sp³-hybridized carbons (Fsp3) is 0.750. The molecule has 5 nitrogen and oxygen atoms in total. The van der Waals surface area contributed by atoms with Crippen LogP contribution >= 0.6 is 11.5 Å². The van der Waals surface area contributed by atoms with Crippen LogP contribution in [0.25, 0.3) is 0 Å². The fourth-order valence-electron chi connectivity index (χ4n) is 2.18. The van der Waals surface area contributed by atoms with Crippen molar-refractivity contribution in [3.8, 4) is 0 Å². The van der Waals surface area contributed by atoms with Gasteiger partial charge in [-0.3, -0.25) is 4.79 Å². The van der Waals surface area contributed by atoms with Gasteiger partial charge in [0.15, 0.2) is 0 Å². The zero-order valence-corrected chi connectivity index (χ0v) is 12.0. The van der Waals surface area contributed by atoms with Crippen molar-refractivity contribution >= 4 is 22.6 Å². The van der Waals surface area contributed by atoms with Gasteiger partial charge in [-0.2, -0.15) is 4.37 Å². The summed E-state index contributed by atoms with van der Waals surface area (Å²) >= 11 is 1.36. The Bertz CT molecular complexity index is 452. The molecule has 0 aliphatic carbocycles. The number of carbonyl (C=O) groups is 1. The van der Waals surface area contributed by atoms with Crippen LogP contribution in [-0.4, -0.2) is 33.0 Å². The minimum Gasteiger partial charge on any atom is -0.481 e. The zero-order valence-electron chi connectivity index (χ0n) is 11.2. The predicted molar refractivity (Wildman–Crippen MR) is 71.2 cm³/mol. The van der Waals surface area contributed by atoms with E-state index in [-0.39, 0.29) is 17.4 Å². The molecule has 2 unspecified atom stereocenters. The molecule has 2 atom stereocenters. The highest BCUT2D eigenvalue weighted by Crippen LogP contribution is 2.32. The molecule has 0 radical (unpaired) electrons. The van der Waals surface area contributed by atoms with Crippen molar-refractivity contribution in [1.82, 2.24) is 9.36 Å². The number of anilines is 1. The molecule has 1 fully saturated rings. The van der Waals surface area contributed by atoms with Crippen LogP contribution in [0.4, 0.5) is 5.13 Å². The van der Waals surface area contributed by atoms with Crippen LogP contribution in [0.3, 0.4) is 0 Å². The van der Waals surface area contributed by atoms with Gasteiger partial charge in [0, 0.05) is 29.5 Å². The van der Waals surface area contributed by atoms with Crippen molar-refractivity contribution in [3.63, 3.8) is 0 Å². The molecule has 1 aromatic heterocycles. The molecule has 0 saturated carbocycles. The van der Waals surface area contributed by atoms with Gasteiger partial charge >= 0.3 is 5.97 Å². The Morgan fingerprint density at radius 1 is 1.50 bits per heavy atom. The summed E-state index contributed by atoms with van der Waals surface area (Å²) in [5.74, 6) is -0.189. The summed E-state index contributed by atoms with van der Waals surface area (Å²) in [5, 5.41) is 9.97. The monoisotopic (exact) mass is 269 g/mol. The van der Waals surface area contributed by atoms with Crippen molar-refractivity contribution < 1.29 is 9.90 Å². The third-order valence-electron chi connectivity index (χ3n) is 3.40. The van der Waals surface area contributed by atoms with E-state index in [0.29, 0.717) is 6.42 Å². The first-order chi connectivity index (χ1) is 8.30. The predicted octanol–water partition coefficient (Wildman–Crippen LogP) is 2.13. The summed E-state index contributed by atoms with van der Waals surface area (Å²) in [4.78, 5) is 17.7. The lowest BCUT2D eigenvalue weighted by molar-refractivity contribution is -0.141. The average molecular weight is 269 g/mol. The molecule has 1 N–H and O–H groups in total. The second-order valence-electron chi connectivity index (χ2n) is 5.82. The van der Waals surface area contributed by atoms with E-state index < -0.39 is 5.97 Å². The Kier molecular flexibility index (Phi) is 3.31.